The molecule has 1 aromatic heterocycles. The van der Waals surface area contributed by atoms with Crippen LogP contribution in [0.15, 0.2) is 53.7 Å². The molecule has 0 aliphatic rings. The quantitative estimate of drug-likeness (QED) is 0.564. The molecule has 9 heteroatoms. The number of hydrogen-bond acceptors (Lipinski definition) is 5. The third-order valence-electron chi connectivity index (χ3n) is 3.86. The molecule has 0 atom stereocenters. The molecule has 2 N–H and O–H groups in total. The molecule has 3 rings (SSSR count). The first-order valence-electron chi connectivity index (χ1n) is 8.43. The lowest BCUT2D eigenvalue weighted by Gasteiger charge is -2.08. The second-order valence-electron chi connectivity index (χ2n) is 5.78. The van der Waals surface area contributed by atoms with Gasteiger partial charge in [0.05, 0.1) is 11.3 Å². The summed E-state index contributed by atoms with van der Waals surface area (Å²) in [5.74, 6) is -0.392. The van der Waals surface area contributed by atoms with Crippen molar-refractivity contribution < 1.29 is 14.7 Å². The lowest BCUT2D eigenvalue weighted by molar-refractivity contribution is -0.113. The average molecular weight is 417 g/mol. The number of carboxylic acid groups (broad SMARTS) is 1. The van der Waals surface area contributed by atoms with E-state index < -0.39 is 5.97 Å². The molecule has 0 saturated carbocycles. The van der Waals surface area contributed by atoms with Crippen molar-refractivity contribution in [1.82, 2.24) is 14.8 Å². The van der Waals surface area contributed by atoms with Crippen molar-refractivity contribution in [3.05, 3.63) is 59.1 Å². The Morgan fingerprint density at radius 1 is 1.18 bits per heavy atom. The minimum absolute atomic E-state index is 0.147. The fraction of sp³-hybridized carbons (Fsp3) is 0.158. The Bertz CT molecular complexity index is 1000. The van der Waals surface area contributed by atoms with E-state index in [1.807, 2.05) is 29.7 Å². The normalized spacial score (nSPS) is 10.6. The highest BCUT2D eigenvalue weighted by molar-refractivity contribution is 7.99. The molecule has 0 bridgehead atoms. The Morgan fingerprint density at radius 2 is 1.93 bits per heavy atom. The summed E-state index contributed by atoms with van der Waals surface area (Å²) in [5, 5.41) is 21.3. The van der Waals surface area contributed by atoms with Crippen LogP contribution < -0.4 is 5.32 Å². The second kappa shape index (κ2) is 8.90. The Hall–Kier alpha value is -2.84. The number of benzene rings is 2. The van der Waals surface area contributed by atoms with Gasteiger partial charge in [-0.25, -0.2) is 4.79 Å². The van der Waals surface area contributed by atoms with Gasteiger partial charge in [0.15, 0.2) is 11.0 Å². The number of carbonyl (C=O) groups is 2. The number of aromatic carboxylic acids is 1. The average Bonchev–Trinajstić information content (AvgIpc) is 3.09. The minimum atomic E-state index is -1.01. The molecule has 0 aliphatic heterocycles. The summed E-state index contributed by atoms with van der Waals surface area (Å²) in [6, 6.07) is 13.4. The van der Waals surface area contributed by atoms with Gasteiger partial charge in [0, 0.05) is 22.8 Å². The number of aromatic nitrogens is 3. The molecule has 1 amide bonds. The molecule has 0 fully saturated rings. The number of thioether (sulfide) groups is 1. The Kier molecular flexibility index (Phi) is 6.33. The predicted molar refractivity (Wildman–Crippen MR) is 109 cm³/mol. The van der Waals surface area contributed by atoms with Crippen molar-refractivity contribution in [1.29, 1.82) is 0 Å². The highest BCUT2D eigenvalue weighted by Crippen LogP contribution is 2.26. The van der Waals surface area contributed by atoms with Gasteiger partial charge in [0.1, 0.15) is 0 Å². The van der Waals surface area contributed by atoms with Crippen molar-refractivity contribution in [2.45, 2.75) is 18.6 Å². The third-order valence-corrected chi connectivity index (χ3v) is 5.07. The molecular formula is C19H17ClN4O3S. The van der Waals surface area contributed by atoms with Gasteiger partial charge < -0.3 is 15.0 Å². The van der Waals surface area contributed by atoms with Crippen LogP contribution in [0.5, 0.6) is 0 Å². The summed E-state index contributed by atoms with van der Waals surface area (Å²) in [5.41, 5.74) is 1.56. The van der Waals surface area contributed by atoms with Crippen LogP contribution in [-0.4, -0.2) is 37.5 Å². The molecule has 144 valence electrons. The van der Waals surface area contributed by atoms with Gasteiger partial charge in [-0.15, -0.1) is 10.2 Å². The van der Waals surface area contributed by atoms with Crippen molar-refractivity contribution in [2.75, 3.05) is 11.1 Å². The number of nitrogens with one attached hydrogen (secondary N) is 1. The molecule has 0 unspecified atom stereocenters. The van der Waals surface area contributed by atoms with Gasteiger partial charge in [-0.3, -0.25) is 4.79 Å². The van der Waals surface area contributed by atoms with Gasteiger partial charge >= 0.3 is 5.97 Å². The molecule has 1 heterocycles. The first-order valence-corrected chi connectivity index (χ1v) is 9.79. The number of nitrogens with zero attached hydrogens (tertiary/aromatic N) is 3. The summed E-state index contributed by atoms with van der Waals surface area (Å²) in [6.45, 7) is 2.63. The van der Waals surface area contributed by atoms with Crippen molar-refractivity contribution in [3.8, 4) is 11.4 Å². The van der Waals surface area contributed by atoms with Crippen LogP contribution in [0.1, 0.15) is 17.3 Å². The maximum absolute atomic E-state index is 12.2. The zero-order valence-electron chi connectivity index (χ0n) is 14.9. The summed E-state index contributed by atoms with van der Waals surface area (Å²) in [6.07, 6.45) is 0. The molecule has 0 saturated heterocycles. The number of hydrogen-bond donors (Lipinski definition) is 2. The Labute approximate surface area is 170 Å². The number of amides is 1. The van der Waals surface area contributed by atoms with E-state index in [-0.39, 0.29) is 17.2 Å². The maximum atomic E-state index is 12.2. The lowest BCUT2D eigenvalue weighted by Crippen LogP contribution is -2.14. The van der Waals surface area contributed by atoms with E-state index in [0.717, 1.165) is 5.56 Å². The van der Waals surface area contributed by atoms with Crippen molar-refractivity contribution in [2.24, 2.45) is 0 Å². The number of carbonyl (C=O) groups excluding carboxylic acids is 1. The SMILES string of the molecule is CCn1c(SCC(=O)Nc2ccc(C(=O)O)cc2)nnc1-c1cccc(Cl)c1. The van der Waals surface area contributed by atoms with Gasteiger partial charge in [0.25, 0.3) is 0 Å². The summed E-state index contributed by atoms with van der Waals surface area (Å²) < 4.78 is 1.92. The van der Waals surface area contributed by atoms with Crippen molar-refractivity contribution in [3.63, 3.8) is 0 Å². The van der Waals surface area contributed by atoms with Gasteiger partial charge in [0.2, 0.25) is 5.91 Å². The van der Waals surface area contributed by atoms with E-state index >= 15 is 0 Å². The second-order valence-corrected chi connectivity index (χ2v) is 7.16. The summed E-state index contributed by atoms with van der Waals surface area (Å²) in [4.78, 5) is 23.1. The minimum Gasteiger partial charge on any atom is -0.478 e. The van der Waals surface area contributed by atoms with Crippen LogP contribution in [0, 0.1) is 0 Å². The fourth-order valence-corrected chi connectivity index (χ4v) is 3.54. The summed E-state index contributed by atoms with van der Waals surface area (Å²) in [7, 11) is 0. The standard InChI is InChI=1S/C19H17ClN4O3S/c1-2-24-17(13-4-3-5-14(20)10-13)22-23-19(24)28-11-16(25)21-15-8-6-12(7-9-15)18(26)27/h3-10H,2,11H2,1H3,(H,21,25)(H,26,27). The first-order chi connectivity index (χ1) is 13.5. The molecule has 3 aromatic rings. The van der Waals surface area contributed by atoms with Gasteiger partial charge in [-0.2, -0.15) is 0 Å². The zero-order chi connectivity index (χ0) is 20.1. The van der Waals surface area contributed by atoms with E-state index in [1.54, 1.807) is 18.2 Å². The maximum Gasteiger partial charge on any atom is 0.335 e. The number of anilines is 1. The molecule has 0 radical (unpaired) electrons. The molecule has 7 nitrogen and oxygen atoms in total. The molecule has 0 spiro atoms. The number of rotatable bonds is 7. The van der Waals surface area contributed by atoms with Crippen LogP contribution in [0.4, 0.5) is 5.69 Å². The van der Waals surface area contributed by atoms with E-state index in [0.29, 0.717) is 28.2 Å². The van der Waals surface area contributed by atoms with Gasteiger partial charge in [-0.1, -0.05) is 35.5 Å². The van der Waals surface area contributed by atoms with Crippen LogP contribution in [-0.2, 0) is 11.3 Å². The number of halogens is 1. The fourth-order valence-electron chi connectivity index (χ4n) is 2.54. The van der Waals surface area contributed by atoms with Crippen LogP contribution >= 0.6 is 23.4 Å². The smallest absolute Gasteiger partial charge is 0.335 e. The molecule has 2 aromatic carbocycles. The highest BCUT2D eigenvalue weighted by atomic mass is 35.5. The lowest BCUT2D eigenvalue weighted by atomic mass is 10.2. The zero-order valence-corrected chi connectivity index (χ0v) is 16.5. The topological polar surface area (TPSA) is 97.1 Å². The van der Waals surface area contributed by atoms with Crippen LogP contribution in [0.2, 0.25) is 5.02 Å². The largest absolute Gasteiger partial charge is 0.478 e. The Balaban J connectivity index is 1.65. The van der Waals surface area contributed by atoms with E-state index in [1.165, 1.54) is 23.9 Å². The van der Waals surface area contributed by atoms with E-state index in [2.05, 4.69) is 15.5 Å². The number of carboxylic acids is 1. The first kappa shape index (κ1) is 19.9. The molecule has 0 aliphatic carbocycles. The van der Waals surface area contributed by atoms with Crippen LogP contribution in [0.3, 0.4) is 0 Å². The molecule has 28 heavy (non-hydrogen) atoms. The highest BCUT2D eigenvalue weighted by Gasteiger charge is 2.15. The summed E-state index contributed by atoms with van der Waals surface area (Å²) >= 11 is 7.33. The third kappa shape index (κ3) is 4.71. The molecular weight excluding hydrogens is 400 g/mol. The monoisotopic (exact) mass is 416 g/mol. The van der Waals surface area contributed by atoms with E-state index in [4.69, 9.17) is 16.7 Å². The van der Waals surface area contributed by atoms with E-state index in [9.17, 15) is 9.59 Å². The van der Waals surface area contributed by atoms with Gasteiger partial charge in [-0.05, 0) is 43.3 Å². The predicted octanol–water partition coefficient (Wildman–Crippen LogP) is 4.05. The van der Waals surface area contributed by atoms with Crippen molar-refractivity contribution >= 4 is 40.9 Å². The van der Waals surface area contributed by atoms with Crippen LogP contribution in [0.25, 0.3) is 11.4 Å². The Morgan fingerprint density at radius 3 is 2.57 bits per heavy atom.